The van der Waals surface area contributed by atoms with Crippen LogP contribution < -0.4 is 5.32 Å². The molecule has 0 spiro atoms. The standard InChI is InChI=1S/C17H21NO2S/c1-4-20-17(19)16(14-8-6-5-7-9-14)18-13(3)15-11-10-12(2)21-15/h5-11,13,16,18H,4H2,1-3H3. The van der Waals surface area contributed by atoms with Crippen molar-refractivity contribution in [1.82, 2.24) is 5.32 Å². The molecule has 0 bridgehead atoms. The van der Waals surface area contributed by atoms with Crippen molar-refractivity contribution in [2.24, 2.45) is 0 Å². The lowest BCUT2D eigenvalue weighted by molar-refractivity contribution is -0.146. The van der Waals surface area contributed by atoms with Crippen LogP contribution in [0.2, 0.25) is 0 Å². The highest BCUT2D eigenvalue weighted by molar-refractivity contribution is 7.12. The molecule has 0 saturated heterocycles. The van der Waals surface area contributed by atoms with Gasteiger partial charge in [0.05, 0.1) is 6.61 Å². The van der Waals surface area contributed by atoms with Gasteiger partial charge in [0.2, 0.25) is 0 Å². The topological polar surface area (TPSA) is 38.3 Å². The largest absolute Gasteiger partial charge is 0.465 e. The third-order valence-electron chi connectivity index (χ3n) is 3.26. The van der Waals surface area contributed by atoms with Crippen LogP contribution in [0.5, 0.6) is 0 Å². The number of thiophene rings is 1. The Bertz CT molecular complexity index is 579. The van der Waals surface area contributed by atoms with Crippen molar-refractivity contribution < 1.29 is 9.53 Å². The zero-order chi connectivity index (χ0) is 15.2. The molecule has 1 heterocycles. The van der Waals surface area contributed by atoms with E-state index in [-0.39, 0.29) is 12.0 Å². The number of hydrogen-bond donors (Lipinski definition) is 1. The minimum atomic E-state index is -0.441. The molecule has 1 N–H and O–H groups in total. The second-order valence-corrected chi connectivity index (χ2v) is 6.25. The van der Waals surface area contributed by atoms with E-state index in [1.165, 1.54) is 9.75 Å². The Morgan fingerprint density at radius 3 is 2.52 bits per heavy atom. The van der Waals surface area contributed by atoms with E-state index in [4.69, 9.17) is 4.74 Å². The SMILES string of the molecule is CCOC(=O)C(NC(C)c1ccc(C)s1)c1ccccc1. The summed E-state index contributed by atoms with van der Waals surface area (Å²) in [6.45, 7) is 6.36. The number of esters is 1. The normalized spacial score (nSPS) is 13.7. The molecule has 0 amide bonds. The summed E-state index contributed by atoms with van der Waals surface area (Å²) in [7, 11) is 0. The first kappa shape index (κ1) is 15.7. The summed E-state index contributed by atoms with van der Waals surface area (Å²) in [5.74, 6) is -0.233. The number of hydrogen-bond acceptors (Lipinski definition) is 4. The summed E-state index contributed by atoms with van der Waals surface area (Å²) >= 11 is 1.74. The van der Waals surface area contributed by atoms with Gasteiger partial charge in [-0.3, -0.25) is 5.32 Å². The molecule has 0 aliphatic rings. The lowest BCUT2D eigenvalue weighted by atomic mass is 10.1. The zero-order valence-electron chi connectivity index (χ0n) is 12.6. The molecular weight excluding hydrogens is 282 g/mol. The number of benzene rings is 1. The van der Waals surface area contributed by atoms with Gasteiger partial charge in [-0.05, 0) is 38.5 Å². The number of ether oxygens (including phenoxy) is 1. The van der Waals surface area contributed by atoms with E-state index in [2.05, 4.69) is 31.3 Å². The van der Waals surface area contributed by atoms with E-state index in [1.807, 2.05) is 37.3 Å². The molecule has 3 nitrogen and oxygen atoms in total. The summed E-state index contributed by atoms with van der Waals surface area (Å²) < 4.78 is 5.20. The van der Waals surface area contributed by atoms with Crippen LogP contribution in [0.3, 0.4) is 0 Å². The summed E-state index contributed by atoms with van der Waals surface area (Å²) in [6.07, 6.45) is 0. The van der Waals surface area contributed by atoms with Gasteiger partial charge in [-0.1, -0.05) is 30.3 Å². The third-order valence-corrected chi connectivity index (χ3v) is 4.44. The summed E-state index contributed by atoms with van der Waals surface area (Å²) in [4.78, 5) is 14.7. The summed E-state index contributed by atoms with van der Waals surface area (Å²) in [5.41, 5.74) is 0.927. The molecule has 1 aromatic carbocycles. The van der Waals surface area contributed by atoms with Crippen LogP contribution in [0.4, 0.5) is 0 Å². The molecule has 2 rings (SSSR count). The maximum atomic E-state index is 12.2. The number of carbonyl (C=O) groups is 1. The van der Waals surface area contributed by atoms with Crippen LogP contribution in [0.15, 0.2) is 42.5 Å². The van der Waals surface area contributed by atoms with Crippen molar-refractivity contribution in [3.05, 3.63) is 57.8 Å². The number of carbonyl (C=O) groups excluding carboxylic acids is 1. The van der Waals surface area contributed by atoms with Crippen molar-refractivity contribution in [2.45, 2.75) is 32.9 Å². The molecule has 0 aliphatic carbocycles. The molecule has 0 fully saturated rings. The van der Waals surface area contributed by atoms with E-state index in [0.717, 1.165) is 5.56 Å². The minimum Gasteiger partial charge on any atom is -0.465 e. The molecular formula is C17H21NO2S. The van der Waals surface area contributed by atoms with Crippen molar-refractivity contribution in [2.75, 3.05) is 6.61 Å². The molecule has 112 valence electrons. The Balaban J connectivity index is 2.18. The Morgan fingerprint density at radius 1 is 1.24 bits per heavy atom. The molecule has 1 aromatic heterocycles. The molecule has 2 aromatic rings. The van der Waals surface area contributed by atoms with Crippen LogP contribution in [0, 0.1) is 6.92 Å². The van der Waals surface area contributed by atoms with Gasteiger partial charge in [-0.2, -0.15) is 0 Å². The molecule has 0 radical (unpaired) electrons. The lowest BCUT2D eigenvalue weighted by Crippen LogP contribution is -2.32. The van der Waals surface area contributed by atoms with E-state index in [0.29, 0.717) is 6.61 Å². The van der Waals surface area contributed by atoms with Crippen LogP contribution in [0.25, 0.3) is 0 Å². The van der Waals surface area contributed by atoms with Gasteiger partial charge in [-0.15, -0.1) is 11.3 Å². The third kappa shape index (κ3) is 4.16. The lowest BCUT2D eigenvalue weighted by Gasteiger charge is -2.21. The Kier molecular flexibility index (Phi) is 5.53. The summed E-state index contributed by atoms with van der Waals surface area (Å²) in [5, 5.41) is 3.38. The maximum Gasteiger partial charge on any atom is 0.327 e. The van der Waals surface area contributed by atoms with Crippen molar-refractivity contribution in [3.63, 3.8) is 0 Å². The van der Waals surface area contributed by atoms with E-state index in [9.17, 15) is 4.79 Å². The molecule has 2 atom stereocenters. The van der Waals surface area contributed by atoms with Crippen molar-refractivity contribution >= 4 is 17.3 Å². The average molecular weight is 303 g/mol. The average Bonchev–Trinajstić information content (AvgIpc) is 2.92. The van der Waals surface area contributed by atoms with Crippen LogP contribution in [-0.2, 0) is 9.53 Å². The first-order valence-electron chi connectivity index (χ1n) is 7.15. The van der Waals surface area contributed by atoms with Crippen LogP contribution in [-0.4, -0.2) is 12.6 Å². The second kappa shape index (κ2) is 7.38. The van der Waals surface area contributed by atoms with Crippen molar-refractivity contribution in [3.8, 4) is 0 Å². The second-order valence-electron chi connectivity index (χ2n) is 4.93. The van der Waals surface area contributed by atoms with E-state index < -0.39 is 6.04 Å². The summed E-state index contributed by atoms with van der Waals surface area (Å²) in [6, 6.07) is 13.6. The fourth-order valence-corrected chi connectivity index (χ4v) is 3.08. The van der Waals surface area contributed by atoms with Gasteiger partial charge < -0.3 is 4.74 Å². The number of aryl methyl sites for hydroxylation is 1. The van der Waals surface area contributed by atoms with Gasteiger partial charge in [0.1, 0.15) is 6.04 Å². The van der Waals surface area contributed by atoms with Gasteiger partial charge in [-0.25, -0.2) is 4.79 Å². The highest BCUT2D eigenvalue weighted by Crippen LogP contribution is 2.26. The van der Waals surface area contributed by atoms with Gasteiger partial charge in [0.15, 0.2) is 0 Å². The molecule has 0 aliphatic heterocycles. The fraction of sp³-hybridized carbons (Fsp3) is 0.353. The smallest absolute Gasteiger partial charge is 0.327 e. The highest BCUT2D eigenvalue weighted by atomic mass is 32.1. The van der Waals surface area contributed by atoms with Crippen LogP contribution in [0.1, 0.15) is 41.2 Å². The first-order chi connectivity index (χ1) is 10.1. The number of rotatable bonds is 6. The van der Waals surface area contributed by atoms with Gasteiger partial charge in [0, 0.05) is 15.8 Å². The number of nitrogens with one attached hydrogen (secondary N) is 1. The zero-order valence-corrected chi connectivity index (χ0v) is 13.4. The van der Waals surface area contributed by atoms with Crippen molar-refractivity contribution in [1.29, 1.82) is 0 Å². The highest BCUT2D eigenvalue weighted by Gasteiger charge is 2.24. The quantitative estimate of drug-likeness (QED) is 0.819. The predicted octanol–water partition coefficient (Wildman–Crippen LogP) is 4.01. The van der Waals surface area contributed by atoms with Gasteiger partial charge in [0.25, 0.3) is 0 Å². The molecule has 4 heteroatoms. The van der Waals surface area contributed by atoms with Crippen LogP contribution >= 0.6 is 11.3 Å². The molecule has 21 heavy (non-hydrogen) atoms. The Hall–Kier alpha value is -1.65. The molecule has 0 saturated carbocycles. The maximum absolute atomic E-state index is 12.2. The van der Waals surface area contributed by atoms with E-state index in [1.54, 1.807) is 11.3 Å². The predicted molar refractivity (Wildman–Crippen MR) is 86.4 cm³/mol. The Morgan fingerprint density at radius 2 is 1.95 bits per heavy atom. The van der Waals surface area contributed by atoms with Gasteiger partial charge >= 0.3 is 5.97 Å². The fourth-order valence-electron chi connectivity index (χ4n) is 2.19. The minimum absolute atomic E-state index is 0.0957. The monoisotopic (exact) mass is 303 g/mol. The van der Waals surface area contributed by atoms with E-state index >= 15 is 0 Å². The first-order valence-corrected chi connectivity index (χ1v) is 7.97. The molecule has 2 unspecified atom stereocenters. The Labute approximate surface area is 130 Å².